The number of nitrogens with one attached hydrogen (secondary N) is 1. The van der Waals surface area contributed by atoms with Crippen LogP contribution in [-0.4, -0.2) is 43.4 Å². The molecule has 0 radical (unpaired) electrons. The molecule has 0 spiro atoms. The molecule has 1 aromatic heterocycles. The number of anilines is 1. The molecule has 0 saturated carbocycles. The molecule has 180 valence electrons. The van der Waals surface area contributed by atoms with Gasteiger partial charge in [0.05, 0.1) is 11.4 Å². The van der Waals surface area contributed by atoms with Crippen LogP contribution in [0.15, 0.2) is 76.0 Å². The molecule has 5 rings (SSSR count). The highest BCUT2D eigenvalue weighted by Crippen LogP contribution is 2.38. The smallest absolute Gasteiger partial charge is 0.280 e. The first-order valence-corrected chi connectivity index (χ1v) is 11.5. The molecule has 1 atom stereocenters. The zero-order chi connectivity index (χ0) is 25.2. The third-order valence-electron chi connectivity index (χ3n) is 6.16. The molecular weight excluding hydrogens is 456 g/mol. The van der Waals surface area contributed by atoms with Crippen LogP contribution < -0.4 is 5.01 Å². The van der Waals surface area contributed by atoms with Crippen molar-refractivity contribution < 1.29 is 9.90 Å². The quantitative estimate of drug-likeness (QED) is 0.370. The molecule has 2 N–H and O–H groups in total. The van der Waals surface area contributed by atoms with Gasteiger partial charge in [-0.3, -0.25) is 4.79 Å². The summed E-state index contributed by atoms with van der Waals surface area (Å²) in [6.45, 7) is 5.94. The Labute approximate surface area is 207 Å². The van der Waals surface area contributed by atoms with Crippen LogP contribution in [0.25, 0.3) is 22.5 Å². The highest BCUT2D eigenvalue weighted by molar-refractivity contribution is 6.18. The summed E-state index contributed by atoms with van der Waals surface area (Å²) < 4.78 is 0. The molecule has 10 nitrogen and oxygen atoms in total. The molecule has 2 heterocycles. The van der Waals surface area contributed by atoms with E-state index in [2.05, 4.69) is 36.0 Å². The Kier molecular flexibility index (Phi) is 6.07. The zero-order valence-electron chi connectivity index (χ0n) is 20.0. The van der Waals surface area contributed by atoms with Gasteiger partial charge in [-0.15, -0.1) is 10.2 Å². The fourth-order valence-electron chi connectivity index (χ4n) is 3.99. The molecule has 0 bridgehead atoms. The van der Waals surface area contributed by atoms with E-state index in [-0.39, 0.29) is 17.3 Å². The van der Waals surface area contributed by atoms with Gasteiger partial charge in [-0.25, -0.2) is 0 Å². The summed E-state index contributed by atoms with van der Waals surface area (Å²) in [6, 6.07) is 17.5. The number of aryl methyl sites for hydroxylation is 2. The van der Waals surface area contributed by atoms with Crippen LogP contribution >= 0.6 is 0 Å². The molecule has 3 aromatic carbocycles. The number of hydrogen-bond donors (Lipinski definition) is 2. The Hall–Kier alpha value is -4.73. The summed E-state index contributed by atoms with van der Waals surface area (Å²) in [5.41, 5.74) is 5.84. The van der Waals surface area contributed by atoms with E-state index in [4.69, 9.17) is 0 Å². The average molecular weight is 481 g/mol. The van der Waals surface area contributed by atoms with Gasteiger partial charge in [-0.1, -0.05) is 43.3 Å². The minimum atomic E-state index is -0.846. The fourth-order valence-corrected chi connectivity index (χ4v) is 3.99. The second-order valence-corrected chi connectivity index (χ2v) is 8.47. The largest absolute Gasteiger partial charge is 0.505 e. The van der Waals surface area contributed by atoms with Crippen LogP contribution in [0.1, 0.15) is 24.5 Å². The van der Waals surface area contributed by atoms with Gasteiger partial charge in [-0.2, -0.15) is 25.6 Å². The van der Waals surface area contributed by atoms with E-state index in [0.717, 1.165) is 22.3 Å². The summed E-state index contributed by atoms with van der Waals surface area (Å²) in [7, 11) is 0. The van der Waals surface area contributed by atoms with Crippen LogP contribution in [-0.2, 0) is 4.79 Å². The fraction of sp³-hybridized carbons (Fsp3) is 0.192. The summed E-state index contributed by atoms with van der Waals surface area (Å²) in [5, 5.41) is 39.5. The number of aromatic nitrogens is 4. The first kappa shape index (κ1) is 23.0. The number of amides is 1. The maximum atomic E-state index is 13.2. The van der Waals surface area contributed by atoms with E-state index in [1.165, 1.54) is 5.01 Å². The van der Waals surface area contributed by atoms with Gasteiger partial charge in [0, 0.05) is 11.1 Å². The van der Waals surface area contributed by atoms with Gasteiger partial charge in [0.25, 0.3) is 5.91 Å². The summed E-state index contributed by atoms with van der Waals surface area (Å²) >= 11 is 0. The van der Waals surface area contributed by atoms with Gasteiger partial charge in [0.1, 0.15) is 5.69 Å². The summed E-state index contributed by atoms with van der Waals surface area (Å²) in [4.78, 5) is 13.2. The number of hydrogen-bond acceptors (Lipinski definition) is 8. The molecule has 0 aliphatic carbocycles. The highest BCUT2D eigenvalue weighted by atomic mass is 16.3. The Balaban J connectivity index is 1.43. The Morgan fingerprint density at radius 1 is 1.03 bits per heavy atom. The van der Waals surface area contributed by atoms with E-state index >= 15 is 0 Å². The number of azo groups is 1. The van der Waals surface area contributed by atoms with Gasteiger partial charge in [0.15, 0.2) is 11.8 Å². The van der Waals surface area contributed by atoms with E-state index in [1.54, 1.807) is 18.2 Å². The van der Waals surface area contributed by atoms with Crippen molar-refractivity contribution in [1.29, 1.82) is 0 Å². The molecule has 1 aliphatic rings. The SMILES string of the molecule is CCC1=NN(c2ccc(C)c(C)c2)C(=O)C1N=Nc1cccc(-c2cccc(-c3nn[nH]n3)c2)c1O. The second-order valence-electron chi connectivity index (χ2n) is 8.47. The first-order chi connectivity index (χ1) is 17.5. The molecule has 1 aliphatic heterocycles. The normalized spacial score (nSPS) is 15.6. The van der Waals surface area contributed by atoms with Crippen LogP contribution in [0.5, 0.6) is 5.75 Å². The van der Waals surface area contributed by atoms with Crippen molar-refractivity contribution in [3.8, 4) is 28.3 Å². The predicted molar refractivity (Wildman–Crippen MR) is 136 cm³/mol. The molecule has 36 heavy (non-hydrogen) atoms. The van der Waals surface area contributed by atoms with Crippen molar-refractivity contribution in [2.45, 2.75) is 33.2 Å². The van der Waals surface area contributed by atoms with E-state index < -0.39 is 6.04 Å². The van der Waals surface area contributed by atoms with Crippen molar-refractivity contribution in [2.75, 3.05) is 5.01 Å². The van der Waals surface area contributed by atoms with Crippen molar-refractivity contribution in [2.24, 2.45) is 15.3 Å². The Morgan fingerprint density at radius 3 is 2.58 bits per heavy atom. The molecule has 1 amide bonds. The number of nitrogens with zero attached hydrogens (tertiary/aromatic N) is 7. The number of rotatable bonds is 6. The van der Waals surface area contributed by atoms with E-state index in [1.807, 2.05) is 63.2 Å². The monoisotopic (exact) mass is 480 g/mol. The van der Waals surface area contributed by atoms with E-state index in [9.17, 15) is 9.90 Å². The average Bonchev–Trinajstić information content (AvgIpc) is 3.54. The number of phenols is 1. The first-order valence-electron chi connectivity index (χ1n) is 11.5. The number of carbonyl (C=O) groups is 1. The predicted octanol–water partition coefficient (Wildman–Crippen LogP) is 5.12. The lowest BCUT2D eigenvalue weighted by molar-refractivity contribution is -0.117. The van der Waals surface area contributed by atoms with Gasteiger partial charge in [-0.05, 0) is 66.4 Å². The molecular formula is C26H24N8O2. The Bertz CT molecular complexity index is 1490. The van der Waals surface area contributed by atoms with E-state index in [0.29, 0.717) is 29.2 Å². The van der Waals surface area contributed by atoms with Gasteiger partial charge >= 0.3 is 0 Å². The number of H-pyrrole nitrogens is 1. The van der Waals surface area contributed by atoms with Crippen molar-refractivity contribution in [1.82, 2.24) is 20.6 Å². The maximum absolute atomic E-state index is 13.2. The lowest BCUT2D eigenvalue weighted by Gasteiger charge is -2.14. The van der Waals surface area contributed by atoms with Gasteiger partial charge < -0.3 is 5.11 Å². The van der Waals surface area contributed by atoms with Crippen LogP contribution in [0, 0.1) is 13.8 Å². The number of para-hydroxylation sites is 1. The number of aromatic hydroxyl groups is 1. The molecule has 1 unspecified atom stereocenters. The lowest BCUT2D eigenvalue weighted by Crippen LogP contribution is -2.30. The van der Waals surface area contributed by atoms with Crippen molar-refractivity contribution in [3.05, 3.63) is 71.8 Å². The van der Waals surface area contributed by atoms with Crippen molar-refractivity contribution >= 4 is 23.0 Å². The molecule has 0 fully saturated rings. The molecule has 0 saturated heterocycles. The van der Waals surface area contributed by atoms with Crippen molar-refractivity contribution in [3.63, 3.8) is 0 Å². The minimum Gasteiger partial charge on any atom is -0.505 e. The summed E-state index contributed by atoms with van der Waals surface area (Å²) in [5.74, 6) is 0.131. The highest BCUT2D eigenvalue weighted by Gasteiger charge is 2.36. The van der Waals surface area contributed by atoms with Crippen LogP contribution in [0.2, 0.25) is 0 Å². The number of aromatic amines is 1. The number of phenolic OH excluding ortho intramolecular Hbond substituents is 1. The molecule has 10 heteroatoms. The third-order valence-corrected chi connectivity index (χ3v) is 6.16. The minimum absolute atomic E-state index is 0.0436. The second kappa shape index (κ2) is 9.49. The lowest BCUT2D eigenvalue weighted by atomic mass is 10.0. The molecule has 4 aromatic rings. The number of tetrazole rings is 1. The van der Waals surface area contributed by atoms with Crippen LogP contribution in [0.4, 0.5) is 11.4 Å². The number of benzene rings is 3. The zero-order valence-corrected chi connectivity index (χ0v) is 20.0. The number of hydrazone groups is 1. The van der Waals surface area contributed by atoms with Crippen LogP contribution in [0.3, 0.4) is 0 Å². The topological polar surface area (TPSA) is 132 Å². The third kappa shape index (κ3) is 4.24. The summed E-state index contributed by atoms with van der Waals surface area (Å²) in [6.07, 6.45) is 0.547. The standard InChI is InChI=1S/C26H24N8O2/c1-4-21-23(26(36)34(31-21)19-12-11-15(2)16(3)13-19)28-27-22-10-6-9-20(24(22)35)17-7-5-8-18(14-17)25-29-32-33-30-25/h5-14,23,35H,4H2,1-3H3,(H,29,30,32,33). The number of carbonyl (C=O) groups excluding carboxylic acids is 1. The maximum Gasteiger partial charge on any atom is 0.280 e. The van der Waals surface area contributed by atoms with Gasteiger partial charge in [0.2, 0.25) is 5.82 Å². The Morgan fingerprint density at radius 2 is 1.83 bits per heavy atom.